The third kappa shape index (κ3) is 1.23. The van der Waals surface area contributed by atoms with E-state index in [2.05, 4.69) is 16.6 Å². The zero-order chi connectivity index (χ0) is 11.6. The Hall–Kier alpha value is -0.870. The number of aryl methyl sites for hydroxylation is 1. The Morgan fingerprint density at radius 1 is 1.41 bits per heavy atom. The fourth-order valence-electron chi connectivity index (χ4n) is 4.92. The van der Waals surface area contributed by atoms with Gasteiger partial charge in [-0.1, -0.05) is 0 Å². The van der Waals surface area contributed by atoms with Gasteiger partial charge in [0.05, 0.1) is 11.7 Å². The van der Waals surface area contributed by atoms with Crippen molar-refractivity contribution in [3.63, 3.8) is 0 Å². The summed E-state index contributed by atoms with van der Waals surface area (Å²) in [5.74, 6) is 10.5. The second-order valence-electron chi connectivity index (χ2n) is 6.09. The Morgan fingerprint density at radius 2 is 2.12 bits per heavy atom. The molecule has 5 unspecified atom stereocenters. The molecular weight excluding hydrogens is 212 g/mol. The van der Waals surface area contributed by atoms with E-state index in [4.69, 9.17) is 5.84 Å². The van der Waals surface area contributed by atoms with E-state index in [1.54, 1.807) is 0 Å². The molecule has 92 valence electrons. The highest BCUT2D eigenvalue weighted by Gasteiger charge is 2.67. The zero-order valence-electron chi connectivity index (χ0n) is 10.2. The quantitative estimate of drug-likeness (QED) is 0.608. The molecule has 4 nitrogen and oxygen atoms in total. The van der Waals surface area contributed by atoms with Crippen LogP contribution in [0.25, 0.3) is 0 Å². The van der Waals surface area contributed by atoms with E-state index < -0.39 is 0 Å². The van der Waals surface area contributed by atoms with Crippen molar-refractivity contribution in [3.05, 3.63) is 18.0 Å². The first-order valence-corrected chi connectivity index (χ1v) is 6.75. The Morgan fingerprint density at radius 3 is 2.65 bits per heavy atom. The molecule has 0 spiro atoms. The van der Waals surface area contributed by atoms with E-state index in [1.807, 2.05) is 17.9 Å². The molecule has 0 saturated heterocycles. The second kappa shape index (κ2) is 3.33. The van der Waals surface area contributed by atoms with Crippen LogP contribution >= 0.6 is 0 Å². The highest BCUT2D eigenvalue weighted by molar-refractivity contribution is 5.21. The summed E-state index contributed by atoms with van der Waals surface area (Å²) in [6.07, 6.45) is 6.29. The first-order chi connectivity index (χ1) is 8.31. The molecule has 0 radical (unpaired) electrons. The third-order valence-corrected chi connectivity index (χ3v) is 5.54. The number of nitrogens with two attached hydrogens (primary N) is 1. The maximum atomic E-state index is 5.80. The smallest absolute Gasteiger partial charge is 0.0662 e. The van der Waals surface area contributed by atoms with E-state index >= 15 is 0 Å². The SMILES string of the molecule is Cn1nccc1C(NN)C1C2C3CCC(C3)C21. The highest BCUT2D eigenvalue weighted by atomic mass is 15.3. The fourth-order valence-corrected chi connectivity index (χ4v) is 4.92. The van der Waals surface area contributed by atoms with Crippen LogP contribution < -0.4 is 11.3 Å². The van der Waals surface area contributed by atoms with Gasteiger partial charge >= 0.3 is 0 Å². The molecule has 2 bridgehead atoms. The number of nitrogens with one attached hydrogen (secondary N) is 1. The standard InChI is InChI=1S/C13H20N4/c1-17-9(4-5-15-17)13(16-14)12-10-7-2-3-8(6-7)11(10)12/h4-5,7-8,10-13,16H,2-3,6,14H2,1H3. The number of fused-ring (bicyclic) bond motifs is 5. The number of nitrogens with zero attached hydrogens (tertiary/aromatic N) is 2. The van der Waals surface area contributed by atoms with E-state index in [9.17, 15) is 0 Å². The van der Waals surface area contributed by atoms with Crippen LogP contribution in [-0.4, -0.2) is 9.78 Å². The van der Waals surface area contributed by atoms with Gasteiger partial charge in [0.25, 0.3) is 0 Å². The molecule has 4 heteroatoms. The van der Waals surface area contributed by atoms with Crippen molar-refractivity contribution in [1.29, 1.82) is 0 Å². The third-order valence-electron chi connectivity index (χ3n) is 5.54. The van der Waals surface area contributed by atoms with Gasteiger partial charge in [-0.15, -0.1) is 0 Å². The van der Waals surface area contributed by atoms with Gasteiger partial charge in [0.15, 0.2) is 0 Å². The normalized spacial score (nSPS) is 43.8. The van der Waals surface area contributed by atoms with Crippen molar-refractivity contribution >= 4 is 0 Å². The van der Waals surface area contributed by atoms with Crippen LogP contribution in [-0.2, 0) is 7.05 Å². The van der Waals surface area contributed by atoms with E-state index in [0.29, 0.717) is 6.04 Å². The minimum absolute atomic E-state index is 0.306. The molecule has 1 aromatic heterocycles. The summed E-state index contributed by atoms with van der Waals surface area (Å²) in [6.45, 7) is 0. The molecule has 0 aliphatic heterocycles. The average molecular weight is 232 g/mol. The molecule has 5 atom stereocenters. The number of hydrazine groups is 1. The molecule has 3 fully saturated rings. The summed E-state index contributed by atoms with van der Waals surface area (Å²) in [7, 11) is 2.01. The molecule has 1 aromatic rings. The van der Waals surface area contributed by atoms with E-state index in [1.165, 1.54) is 25.0 Å². The topological polar surface area (TPSA) is 55.9 Å². The first-order valence-electron chi connectivity index (χ1n) is 6.75. The summed E-state index contributed by atoms with van der Waals surface area (Å²) in [5.41, 5.74) is 4.29. The van der Waals surface area contributed by atoms with E-state index in [0.717, 1.165) is 29.6 Å². The molecule has 1 heterocycles. The Bertz CT molecular complexity index is 424. The number of hydrogen-bond acceptors (Lipinski definition) is 3. The second-order valence-corrected chi connectivity index (χ2v) is 6.09. The Kier molecular flexibility index (Phi) is 1.97. The van der Waals surface area contributed by atoms with Gasteiger partial charge < -0.3 is 0 Å². The molecule has 3 aliphatic carbocycles. The lowest BCUT2D eigenvalue weighted by Gasteiger charge is -2.19. The van der Waals surface area contributed by atoms with Crippen molar-refractivity contribution in [2.24, 2.45) is 42.5 Å². The van der Waals surface area contributed by atoms with Crippen LogP contribution in [0.1, 0.15) is 31.0 Å². The Labute approximate surface area is 102 Å². The van der Waals surface area contributed by atoms with Crippen LogP contribution in [0.15, 0.2) is 12.3 Å². The lowest BCUT2D eigenvalue weighted by atomic mass is 9.96. The number of aromatic nitrogens is 2. The lowest BCUT2D eigenvalue weighted by Crippen LogP contribution is -2.32. The van der Waals surface area contributed by atoms with Crippen molar-refractivity contribution in [1.82, 2.24) is 15.2 Å². The molecule has 0 amide bonds. The summed E-state index contributed by atoms with van der Waals surface area (Å²) >= 11 is 0. The highest BCUT2D eigenvalue weighted by Crippen LogP contribution is 2.72. The summed E-state index contributed by atoms with van der Waals surface area (Å²) < 4.78 is 1.96. The zero-order valence-corrected chi connectivity index (χ0v) is 10.2. The molecule has 17 heavy (non-hydrogen) atoms. The molecule has 0 aromatic carbocycles. The van der Waals surface area contributed by atoms with Gasteiger partial charge in [-0.3, -0.25) is 16.0 Å². The van der Waals surface area contributed by atoms with Gasteiger partial charge in [0, 0.05) is 13.2 Å². The van der Waals surface area contributed by atoms with Crippen LogP contribution in [0.4, 0.5) is 0 Å². The number of hydrogen-bond donors (Lipinski definition) is 2. The summed E-state index contributed by atoms with van der Waals surface area (Å²) in [6, 6.07) is 2.40. The van der Waals surface area contributed by atoms with Crippen LogP contribution in [0.3, 0.4) is 0 Å². The van der Waals surface area contributed by atoms with Crippen molar-refractivity contribution in [3.8, 4) is 0 Å². The molecule has 3 saturated carbocycles. The van der Waals surface area contributed by atoms with Crippen molar-refractivity contribution in [2.45, 2.75) is 25.3 Å². The van der Waals surface area contributed by atoms with Gasteiger partial charge in [-0.2, -0.15) is 5.10 Å². The van der Waals surface area contributed by atoms with Gasteiger partial charge in [0.2, 0.25) is 0 Å². The summed E-state index contributed by atoms with van der Waals surface area (Å²) in [4.78, 5) is 0. The fraction of sp³-hybridized carbons (Fsp3) is 0.769. The largest absolute Gasteiger partial charge is 0.271 e. The minimum Gasteiger partial charge on any atom is -0.271 e. The monoisotopic (exact) mass is 232 g/mol. The molecule has 3 aliphatic rings. The van der Waals surface area contributed by atoms with Gasteiger partial charge in [0.1, 0.15) is 0 Å². The summed E-state index contributed by atoms with van der Waals surface area (Å²) in [5, 5.41) is 4.26. The maximum absolute atomic E-state index is 5.80. The van der Waals surface area contributed by atoms with Gasteiger partial charge in [-0.25, -0.2) is 0 Å². The van der Waals surface area contributed by atoms with Crippen LogP contribution in [0, 0.1) is 29.6 Å². The predicted octanol–water partition coefficient (Wildman–Crippen LogP) is 1.22. The van der Waals surface area contributed by atoms with E-state index in [-0.39, 0.29) is 0 Å². The molecule has 3 N–H and O–H groups in total. The molecular formula is C13H20N4. The minimum atomic E-state index is 0.306. The maximum Gasteiger partial charge on any atom is 0.0662 e. The van der Waals surface area contributed by atoms with Crippen molar-refractivity contribution in [2.75, 3.05) is 0 Å². The average Bonchev–Trinajstić information content (AvgIpc) is 2.72. The van der Waals surface area contributed by atoms with Crippen molar-refractivity contribution < 1.29 is 0 Å². The lowest BCUT2D eigenvalue weighted by molar-refractivity contribution is 0.360. The number of rotatable bonds is 3. The molecule has 4 rings (SSSR count). The van der Waals surface area contributed by atoms with Crippen LogP contribution in [0.5, 0.6) is 0 Å². The first kappa shape index (κ1) is 10.1. The van der Waals surface area contributed by atoms with Crippen LogP contribution in [0.2, 0.25) is 0 Å². The predicted molar refractivity (Wildman–Crippen MR) is 64.6 cm³/mol. The Balaban J connectivity index is 1.61. The van der Waals surface area contributed by atoms with Gasteiger partial charge in [-0.05, 0) is 54.9 Å².